The Hall–Kier alpha value is -4.45. The summed E-state index contributed by atoms with van der Waals surface area (Å²) in [6.45, 7) is 0.249. The van der Waals surface area contributed by atoms with Gasteiger partial charge in [0, 0.05) is 25.8 Å². The molecule has 0 bridgehead atoms. The number of carbonyl (C=O) groups excluding carboxylic acids is 4. The number of hydrogen-bond acceptors (Lipinski definition) is 7. The Balaban J connectivity index is 1.84. The molecular formula is C28H35N5O7. The van der Waals surface area contributed by atoms with E-state index in [2.05, 4.69) is 10.6 Å². The summed E-state index contributed by atoms with van der Waals surface area (Å²) in [5.74, 6) is -3.60. The lowest BCUT2D eigenvalue weighted by Crippen LogP contribution is -2.58. The van der Waals surface area contributed by atoms with E-state index >= 15 is 0 Å². The molecule has 2 aromatic carbocycles. The minimum absolute atomic E-state index is 0.00804. The molecule has 12 nitrogen and oxygen atoms in total. The van der Waals surface area contributed by atoms with Gasteiger partial charge in [-0.05, 0) is 42.5 Å². The van der Waals surface area contributed by atoms with Crippen LogP contribution in [0.2, 0.25) is 0 Å². The number of carboxylic acid groups (broad SMARTS) is 1. The molecule has 12 heteroatoms. The first-order valence-electron chi connectivity index (χ1n) is 13.0. The second-order valence-electron chi connectivity index (χ2n) is 9.82. The number of aliphatic carboxylic acids is 1. The summed E-state index contributed by atoms with van der Waals surface area (Å²) in [5, 5.41) is 24.5. The standard InChI is InChI=1S/C28H35N5O7/c29-20(12-13-24(30)35)25(36)31-21(15-18-8-10-19(34)11-9-18)26(37)32-22(16-17-5-2-1-3-6-17)27(38)33-14-4-7-23(33)28(39)40/h1-3,5-6,8-11,20-23,34H,4,7,12-16,29H2,(H2,30,35)(H,31,36)(H,32,37)(H,39,40)/t20-,21-,22-,23-/m0/s1. The van der Waals surface area contributed by atoms with Gasteiger partial charge in [-0.2, -0.15) is 0 Å². The van der Waals surface area contributed by atoms with E-state index in [4.69, 9.17) is 11.5 Å². The average molecular weight is 554 g/mol. The van der Waals surface area contributed by atoms with E-state index < -0.39 is 53.8 Å². The molecule has 1 aliphatic heterocycles. The lowest BCUT2D eigenvalue weighted by atomic mass is 10.0. The second kappa shape index (κ2) is 14.1. The van der Waals surface area contributed by atoms with Crippen molar-refractivity contribution in [3.63, 3.8) is 0 Å². The highest BCUT2D eigenvalue weighted by molar-refractivity contribution is 5.94. The van der Waals surface area contributed by atoms with E-state index in [9.17, 15) is 34.2 Å². The SMILES string of the molecule is NC(=O)CC[C@H](N)C(=O)N[C@@H](Cc1ccc(O)cc1)C(=O)N[C@@H](Cc1ccccc1)C(=O)N1CCC[C@H]1C(=O)O. The van der Waals surface area contributed by atoms with Crippen molar-refractivity contribution in [3.8, 4) is 5.75 Å². The summed E-state index contributed by atoms with van der Waals surface area (Å²) in [6.07, 6.45) is 0.820. The predicted octanol–water partition coefficient (Wildman–Crippen LogP) is -0.185. The highest BCUT2D eigenvalue weighted by Gasteiger charge is 2.38. The van der Waals surface area contributed by atoms with Gasteiger partial charge in [0.05, 0.1) is 6.04 Å². The van der Waals surface area contributed by atoms with Gasteiger partial charge in [-0.25, -0.2) is 4.79 Å². The van der Waals surface area contributed by atoms with Gasteiger partial charge in [0.2, 0.25) is 23.6 Å². The second-order valence-corrected chi connectivity index (χ2v) is 9.82. The van der Waals surface area contributed by atoms with E-state index in [0.717, 1.165) is 5.56 Å². The van der Waals surface area contributed by atoms with Crippen molar-refractivity contribution in [2.24, 2.45) is 11.5 Å². The number of nitrogens with two attached hydrogens (primary N) is 2. The van der Waals surface area contributed by atoms with Gasteiger partial charge >= 0.3 is 5.97 Å². The quantitative estimate of drug-likeness (QED) is 0.196. The normalized spacial score (nSPS) is 16.9. The Morgan fingerprint density at radius 1 is 0.900 bits per heavy atom. The summed E-state index contributed by atoms with van der Waals surface area (Å²) >= 11 is 0. The molecule has 40 heavy (non-hydrogen) atoms. The summed E-state index contributed by atoms with van der Waals surface area (Å²) in [7, 11) is 0. The zero-order valence-corrected chi connectivity index (χ0v) is 22.0. The molecule has 3 rings (SSSR count). The number of phenolic OH excluding ortho intramolecular Hbond substituents is 1. The molecule has 0 aromatic heterocycles. The number of nitrogens with zero attached hydrogens (tertiary/aromatic N) is 1. The molecule has 0 radical (unpaired) electrons. The minimum atomic E-state index is -1.17. The van der Waals surface area contributed by atoms with E-state index in [0.29, 0.717) is 18.4 Å². The minimum Gasteiger partial charge on any atom is -0.508 e. The number of likely N-dealkylation sites (tertiary alicyclic amines) is 1. The molecule has 0 spiro atoms. The van der Waals surface area contributed by atoms with E-state index in [-0.39, 0.29) is 38.0 Å². The summed E-state index contributed by atoms with van der Waals surface area (Å²) < 4.78 is 0. The van der Waals surface area contributed by atoms with Crippen LogP contribution in [0, 0.1) is 0 Å². The fraction of sp³-hybridized carbons (Fsp3) is 0.393. The first-order valence-corrected chi connectivity index (χ1v) is 13.0. The van der Waals surface area contributed by atoms with E-state index in [1.165, 1.54) is 17.0 Å². The molecule has 1 fully saturated rings. The Kier molecular flexibility index (Phi) is 10.6. The highest BCUT2D eigenvalue weighted by atomic mass is 16.4. The van der Waals surface area contributed by atoms with Gasteiger partial charge < -0.3 is 37.2 Å². The van der Waals surface area contributed by atoms with Crippen molar-refractivity contribution in [1.82, 2.24) is 15.5 Å². The van der Waals surface area contributed by atoms with E-state index in [1.807, 2.05) is 6.07 Å². The number of nitrogens with one attached hydrogen (secondary N) is 2. The third-order valence-electron chi connectivity index (χ3n) is 6.77. The zero-order chi connectivity index (χ0) is 29.2. The van der Waals surface area contributed by atoms with Gasteiger partial charge in [0.15, 0.2) is 0 Å². The number of carboxylic acids is 1. The Morgan fingerprint density at radius 2 is 1.50 bits per heavy atom. The molecule has 214 valence electrons. The van der Waals surface area contributed by atoms with Crippen molar-refractivity contribution in [2.45, 2.75) is 62.7 Å². The Bertz CT molecular complexity index is 1210. The fourth-order valence-corrected chi connectivity index (χ4v) is 4.59. The number of primary amides is 1. The molecule has 2 aromatic rings. The molecule has 4 amide bonds. The van der Waals surface area contributed by atoms with Gasteiger partial charge in [0.1, 0.15) is 23.9 Å². The van der Waals surface area contributed by atoms with Gasteiger partial charge in [-0.15, -0.1) is 0 Å². The Morgan fingerprint density at radius 3 is 2.12 bits per heavy atom. The fourth-order valence-electron chi connectivity index (χ4n) is 4.59. The maximum absolute atomic E-state index is 13.6. The largest absolute Gasteiger partial charge is 0.508 e. The van der Waals surface area contributed by atoms with Crippen molar-refractivity contribution in [1.29, 1.82) is 0 Å². The number of phenols is 1. The maximum Gasteiger partial charge on any atom is 0.326 e. The van der Waals surface area contributed by atoms with Crippen LogP contribution < -0.4 is 22.1 Å². The predicted molar refractivity (Wildman–Crippen MR) is 145 cm³/mol. The molecule has 4 atom stereocenters. The van der Waals surface area contributed by atoms with Crippen LogP contribution in [0.15, 0.2) is 54.6 Å². The lowest BCUT2D eigenvalue weighted by molar-refractivity contribution is -0.149. The summed E-state index contributed by atoms with van der Waals surface area (Å²) in [6, 6.07) is 10.6. The van der Waals surface area contributed by atoms with Crippen LogP contribution in [0.4, 0.5) is 0 Å². The molecule has 8 N–H and O–H groups in total. The average Bonchev–Trinajstić information content (AvgIpc) is 3.42. The number of benzene rings is 2. The van der Waals surface area contributed by atoms with Gasteiger partial charge in [-0.3, -0.25) is 19.2 Å². The topological polar surface area (TPSA) is 205 Å². The molecule has 1 aliphatic rings. The number of carbonyl (C=O) groups is 5. The Labute approximate surface area is 231 Å². The molecular weight excluding hydrogens is 518 g/mol. The van der Waals surface area contributed by atoms with Crippen molar-refractivity contribution in [2.75, 3.05) is 6.54 Å². The summed E-state index contributed by atoms with van der Waals surface area (Å²) in [5.41, 5.74) is 12.4. The van der Waals surface area contributed by atoms with Crippen LogP contribution in [0.5, 0.6) is 5.75 Å². The number of aromatic hydroxyl groups is 1. The maximum atomic E-state index is 13.6. The van der Waals surface area contributed by atoms with Crippen LogP contribution in [-0.2, 0) is 36.8 Å². The molecule has 0 saturated carbocycles. The van der Waals surface area contributed by atoms with Crippen LogP contribution in [0.1, 0.15) is 36.8 Å². The molecule has 1 heterocycles. The van der Waals surface area contributed by atoms with Crippen molar-refractivity contribution < 1.29 is 34.2 Å². The highest BCUT2D eigenvalue weighted by Crippen LogP contribution is 2.20. The van der Waals surface area contributed by atoms with Crippen LogP contribution in [0.25, 0.3) is 0 Å². The number of hydrogen-bond donors (Lipinski definition) is 6. The number of amides is 4. The summed E-state index contributed by atoms with van der Waals surface area (Å²) in [4.78, 5) is 64.1. The number of rotatable bonds is 13. The first kappa shape index (κ1) is 30.1. The smallest absolute Gasteiger partial charge is 0.326 e. The van der Waals surface area contributed by atoms with Crippen LogP contribution in [-0.4, -0.2) is 75.4 Å². The molecule has 0 unspecified atom stereocenters. The van der Waals surface area contributed by atoms with Crippen LogP contribution in [0.3, 0.4) is 0 Å². The van der Waals surface area contributed by atoms with Gasteiger partial charge in [-0.1, -0.05) is 42.5 Å². The van der Waals surface area contributed by atoms with Crippen molar-refractivity contribution >= 4 is 29.6 Å². The zero-order valence-electron chi connectivity index (χ0n) is 22.0. The van der Waals surface area contributed by atoms with Gasteiger partial charge in [0.25, 0.3) is 0 Å². The van der Waals surface area contributed by atoms with E-state index in [1.54, 1.807) is 36.4 Å². The van der Waals surface area contributed by atoms with Crippen molar-refractivity contribution in [3.05, 3.63) is 65.7 Å². The van der Waals surface area contributed by atoms with Crippen LogP contribution >= 0.6 is 0 Å². The third-order valence-corrected chi connectivity index (χ3v) is 6.77. The third kappa shape index (κ3) is 8.53. The lowest BCUT2D eigenvalue weighted by Gasteiger charge is -2.29. The monoisotopic (exact) mass is 553 g/mol. The molecule has 1 saturated heterocycles. The first-order chi connectivity index (χ1) is 19.0. The molecule has 0 aliphatic carbocycles.